The van der Waals surface area contributed by atoms with E-state index in [0.717, 1.165) is 38.7 Å². The number of fused-ring (bicyclic) bond motifs is 1. The van der Waals surface area contributed by atoms with Crippen molar-refractivity contribution in [3.05, 3.63) is 23.4 Å². The second-order valence-corrected chi connectivity index (χ2v) is 8.77. The van der Waals surface area contributed by atoms with Gasteiger partial charge < -0.3 is 4.74 Å². The Morgan fingerprint density at radius 3 is 2.79 bits per heavy atom. The molecule has 0 radical (unpaired) electrons. The zero-order valence-corrected chi connectivity index (χ0v) is 15.8. The molecule has 0 spiro atoms. The summed E-state index contributed by atoms with van der Waals surface area (Å²) in [6.07, 6.45) is 5.46. The molecule has 1 aliphatic rings. The van der Waals surface area contributed by atoms with Gasteiger partial charge in [-0.1, -0.05) is 0 Å². The van der Waals surface area contributed by atoms with Gasteiger partial charge in [-0.25, -0.2) is 4.79 Å². The number of ketones is 1. The average molecular weight is 364 g/mol. The quantitative estimate of drug-likeness (QED) is 0.727. The third-order valence-electron chi connectivity index (χ3n) is 3.67. The van der Waals surface area contributed by atoms with Crippen molar-refractivity contribution < 1.29 is 14.3 Å². The Morgan fingerprint density at radius 2 is 2.12 bits per heavy atom. The van der Waals surface area contributed by atoms with Gasteiger partial charge in [-0.15, -0.1) is 23.1 Å². The molecular weight excluding hydrogens is 344 g/mol. The highest BCUT2D eigenvalue weighted by Gasteiger charge is 2.28. The van der Waals surface area contributed by atoms with E-state index in [9.17, 15) is 9.59 Å². The van der Waals surface area contributed by atoms with Crippen LogP contribution in [0.2, 0.25) is 0 Å². The standard InChI is InChI=1S/C17H20N2O3S2/c1-17(2,3)22-16(21)19-9-8-11(18-19)14-10-6-5-7-12(20)13(10)15(23-4)24-14/h8-9H,5-7H2,1-4H3. The summed E-state index contributed by atoms with van der Waals surface area (Å²) in [6.45, 7) is 5.46. The van der Waals surface area contributed by atoms with Gasteiger partial charge in [-0.2, -0.15) is 9.78 Å². The lowest BCUT2D eigenvalue weighted by molar-refractivity contribution is 0.0514. The van der Waals surface area contributed by atoms with Crippen LogP contribution in [0.25, 0.3) is 10.6 Å². The minimum absolute atomic E-state index is 0.217. The van der Waals surface area contributed by atoms with E-state index in [0.29, 0.717) is 6.42 Å². The van der Waals surface area contributed by atoms with Crippen LogP contribution in [0.3, 0.4) is 0 Å². The molecule has 128 valence electrons. The van der Waals surface area contributed by atoms with Crippen molar-refractivity contribution in [2.75, 3.05) is 6.26 Å². The highest BCUT2D eigenvalue weighted by molar-refractivity contribution is 8.00. The van der Waals surface area contributed by atoms with Crippen LogP contribution in [-0.2, 0) is 11.2 Å². The van der Waals surface area contributed by atoms with Crippen LogP contribution in [0, 0.1) is 0 Å². The molecule has 0 saturated carbocycles. The van der Waals surface area contributed by atoms with Crippen LogP contribution in [0.5, 0.6) is 0 Å². The van der Waals surface area contributed by atoms with Crippen LogP contribution >= 0.6 is 23.1 Å². The predicted octanol–water partition coefficient (Wildman–Crippen LogP) is 4.64. The van der Waals surface area contributed by atoms with E-state index in [2.05, 4.69) is 5.10 Å². The molecule has 24 heavy (non-hydrogen) atoms. The first-order valence-corrected chi connectivity index (χ1v) is 9.86. The lowest BCUT2D eigenvalue weighted by Crippen LogP contribution is -2.27. The fraction of sp³-hybridized carbons (Fsp3) is 0.471. The molecule has 0 N–H and O–H groups in total. The Morgan fingerprint density at radius 1 is 1.38 bits per heavy atom. The van der Waals surface area contributed by atoms with Gasteiger partial charge in [-0.3, -0.25) is 4.79 Å². The summed E-state index contributed by atoms with van der Waals surface area (Å²) in [5, 5.41) is 4.38. The minimum Gasteiger partial charge on any atom is -0.442 e. The van der Waals surface area contributed by atoms with Gasteiger partial charge in [-0.05, 0) is 51.5 Å². The first kappa shape index (κ1) is 17.2. The molecule has 0 aliphatic heterocycles. The number of carbonyl (C=O) groups is 2. The van der Waals surface area contributed by atoms with Gasteiger partial charge in [0, 0.05) is 18.2 Å². The number of thioether (sulfide) groups is 1. The molecule has 0 bridgehead atoms. The van der Waals surface area contributed by atoms with Crippen LogP contribution in [0.1, 0.15) is 49.5 Å². The Bertz CT molecular complexity index is 799. The van der Waals surface area contributed by atoms with Gasteiger partial charge in [0.2, 0.25) is 0 Å². The molecule has 3 rings (SSSR count). The number of nitrogens with zero attached hydrogens (tertiary/aromatic N) is 2. The molecule has 0 fully saturated rings. The number of rotatable bonds is 2. The normalized spacial score (nSPS) is 14.6. The molecule has 2 heterocycles. The van der Waals surface area contributed by atoms with E-state index < -0.39 is 11.7 Å². The number of aromatic nitrogens is 2. The van der Waals surface area contributed by atoms with Crippen molar-refractivity contribution in [3.8, 4) is 10.6 Å². The number of hydrogen-bond acceptors (Lipinski definition) is 6. The maximum Gasteiger partial charge on any atom is 0.435 e. The molecule has 2 aromatic heterocycles. The monoisotopic (exact) mass is 364 g/mol. The van der Waals surface area contributed by atoms with Crippen molar-refractivity contribution in [1.29, 1.82) is 0 Å². The molecule has 0 amide bonds. The molecule has 2 aromatic rings. The Kier molecular flexibility index (Phi) is 4.57. The minimum atomic E-state index is -0.566. The summed E-state index contributed by atoms with van der Waals surface area (Å²) >= 11 is 3.18. The molecule has 0 atom stereocenters. The van der Waals surface area contributed by atoms with Crippen LogP contribution in [-0.4, -0.2) is 33.5 Å². The maximum absolute atomic E-state index is 12.3. The Balaban J connectivity index is 1.97. The molecule has 5 nitrogen and oxygen atoms in total. The second kappa shape index (κ2) is 6.37. The molecule has 0 aromatic carbocycles. The van der Waals surface area contributed by atoms with Gasteiger partial charge >= 0.3 is 6.09 Å². The van der Waals surface area contributed by atoms with E-state index in [1.54, 1.807) is 35.4 Å². The van der Waals surface area contributed by atoms with Crippen LogP contribution in [0.15, 0.2) is 16.5 Å². The Hall–Kier alpha value is -1.60. The number of carbonyl (C=O) groups excluding carboxylic acids is 2. The molecule has 7 heteroatoms. The van der Waals surface area contributed by atoms with E-state index in [1.807, 2.05) is 27.0 Å². The van der Waals surface area contributed by atoms with Crippen molar-refractivity contribution in [2.45, 2.75) is 49.8 Å². The smallest absolute Gasteiger partial charge is 0.435 e. The summed E-state index contributed by atoms with van der Waals surface area (Å²) in [5.74, 6) is 0.217. The van der Waals surface area contributed by atoms with Gasteiger partial charge in [0.15, 0.2) is 5.78 Å². The summed E-state index contributed by atoms with van der Waals surface area (Å²) in [4.78, 5) is 25.4. The molecule has 0 saturated heterocycles. The number of hydrogen-bond donors (Lipinski definition) is 0. The summed E-state index contributed by atoms with van der Waals surface area (Å²) in [6, 6.07) is 1.80. The highest BCUT2D eigenvalue weighted by atomic mass is 32.2. The fourth-order valence-corrected chi connectivity index (χ4v) is 4.81. The summed E-state index contributed by atoms with van der Waals surface area (Å²) in [7, 11) is 0. The zero-order chi connectivity index (χ0) is 17.5. The number of thiophene rings is 1. The lowest BCUT2D eigenvalue weighted by atomic mass is 9.92. The van der Waals surface area contributed by atoms with Crippen LogP contribution in [0.4, 0.5) is 4.79 Å². The maximum atomic E-state index is 12.3. The number of Topliss-reactive ketones (excluding diaryl/α,β-unsaturated/α-hetero) is 1. The summed E-state index contributed by atoms with van der Waals surface area (Å²) < 4.78 is 7.59. The van der Waals surface area contributed by atoms with E-state index in [4.69, 9.17) is 4.74 Å². The van der Waals surface area contributed by atoms with Gasteiger partial charge in [0.1, 0.15) is 11.3 Å². The van der Waals surface area contributed by atoms with E-state index in [-0.39, 0.29) is 5.78 Å². The first-order valence-electron chi connectivity index (χ1n) is 7.82. The third kappa shape index (κ3) is 3.28. The third-order valence-corrected chi connectivity index (χ3v) is 6.05. The molecule has 0 unspecified atom stereocenters. The summed E-state index contributed by atoms with van der Waals surface area (Å²) in [5.41, 5.74) is 2.09. The highest BCUT2D eigenvalue weighted by Crippen LogP contribution is 2.43. The van der Waals surface area contributed by atoms with Gasteiger partial charge in [0.25, 0.3) is 0 Å². The Labute approximate surface area is 149 Å². The van der Waals surface area contributed by atoms with Gasteiger partial charge in [0.05, 0.1) is 9.09 Å². The zero-order valence-electron chi connectivity index (χ0n) is 14.2. The van der Waals surface area contributed by atoms with E-state index >= 15 is 0 Å². The average Bonchev–Trinajstić information content (AvgIpc) is 3.10. The van der Waals surface area contributed by atoms with E-state index in [1.165, 1.54) is 4.68 Å². The molecular formula is C17H20N2O3S2. The van der Waals surface area contributed by atoms with Crippen molar-refractivity contribution >= 4 is 35.0 Å². The second-order valence-electron chi connectivity index (χ2n) is 6.68. The lowest BCUT2D eigenvalue weighted by Gasteiger charge is -2.18. The van der Waals surface area contributed by atoms with Crippen molar-refractivity contribution in [3.63, 3.8) is 0 Å². The predicted molar refractivity (Wildman–Crippen MR) is 96.2 cm³/mol. The van der Waals surface area contributed by atoms with Crippen LogP contribution < -0.4 is 0 Å². The largest absolute Gasteiger partial charge is 0.442 e. The van der Waals surface area contributed by atoms with Crippen molar-refractivity contribution in [1.82, 2.24) is 9.78 Å². The van der Waals surface area contributed by atoms with Crippen molar-refractivity contribution in [2.24, 2.45) is 0 Å². The fourth-order valence-electron chi connectivity index (χ4n) is 2.72. The number of ether oxygens (including phenoxy) is 1. The topological polar surface area (TPSA) is 61.2 Å². The molecule has 1 aliphatic carbocycles. The first-order chi connectivity index (χ1) is 11.3. The SMILES string of the molecule is CSc1sc(-c2ccn(C(=O)OC(C)(C)C)n2)c2c1C(=O)CCC2.